The molecule has 17 heteroatoms. The number of hydrogen-bond acceptors (Lipinski definition) is 11. The number of benzene rings is 2. The lowest BCUT2D eigenvalue weighted by Crippen LogP contribution is -2.61. The average molecular weight is 867 g/mol. The number of aromatic nitrogens is 5. The number of alkyl halides is 2. The van der Waals surface area contributed by atoms with Crippen molar-refractivity contribution < 1.29 is 23.1 Å². The monoisotopic (exact) mass is 866 g/mol. The van der Waals surface area contributed by atoms with E-state index < -0.39 is 30.0 Å². The van der Waals surface area contributed by atoms with Crippen LogP contribution in [0.4, 0.5) is 37.6 Å². The number of anilines is 5. The van der Waals surface area contributed by atoms with Gasteiger partial charge in [-0.2, -0.15) is 10.1 Å². The topological polar surface area (TPSA) is 152 Å². The molecule has 12 rings (SSSR count). The molecular formula is C45H49ClF2N10O4. The molecule has 5 aliphatic heterocycles. The number of aryl methyl sites for hydroxylation is 2. The maximum absolute atomic E-state index is 15.2. The summed E-state index contributed by atoms with van der Waals surface area (Å²) < 4.78 is 39.2. The number of piperidine rings is 3. The highest BCUT2D eigenvalue weighted by atomic mass is 35.5. The molecule has 0 radical (unpaired) electrons. The first-order valence-corrected chi connectivity index (χ1v) is 22.3. The number of nitrogens with zero attached hydrogens (tertiary/aromatic N) is 7. The Balaban J connectivity index is 0.748. The zero-order valence-corrected chi connectivity index (χ0v) is 35.4. The van der Waals surface area contributed by atoms with E-state index >= 15 is 8.78 Å². The summed E-state index contributed by atoms with van der Waals surface area (Å²) in [6, 6.07) is 11.3. The van der Waals surface area contributed by atoms with E-state index in [-0.39, 0.29) is 29.2 Å². The summed E-state index contributed by atoms with van der Waals surface area (Å²) in [6.45, 7) is 1.07. The van der Waals surface area contributed by atoms with E-state index in [4.69, 9.17) is 26.4 Å². The number of imide groups is 1. The van der Waals surface area contributed by atoms with Crippen LogP contribution >= 0.6 is 11.6 Å². The van der Waals surface area contributed by atoms with Gasteiger partial charge < -0.3 is 29.7 Å². The average Bonchev–Trinajstić information content (AvgIpc) is 4.05. The van der Waals surface area contributed by atoms with E-state index in [1.807, 2.05) is 29.9 Å². The van der Waals surface area contributed by atoms with E-state index in [9.17, 15) is 14.4 Å². The molecule has 4 atom stereocenters. The molecule has 8 heterocycles. The number of nitrogens with one attached hydrogen (secondary N) is 3. The first kappa shape index (κ1) is 39.3. The van der Waals surface area contributed by atoms with E-state index in [1.54, 1.807) is 19.3 Å². The molecule has 5 aromatic rings. The summed E-state index contributed by atoms with van der Waals surface area (Å²) in [4.78, 5) is 52.2. The van der Waals surface area contributed by atoms with Gasteiger partial charge in [-0.25, -0.2) is 13.8 Å². The van der Waals surface area contributed by atoms with Gasteiger partial charge in [-0.05, 0) is 99.8 Å². The predicted molar refractivity (Wildman–Crippen MR) is 233 cm³/mol. The number of amides is 2. The molecule has 2 amide bonds. The number of para-hydroxylation sites is 1. The van der Waals surface area contributed by atoms with Crippen LogP contribution < -0.4 is 36.0 Å². The Hall–Kier alpha value is -5.51. The zero-order chi connectivity index (χ0) is 42.6. The second-order valence-corrected chi connectivity index (χ2v) is 18.8. The van der Waals surface area contributed by atoms with E-state index in [0.29, 0.717) is 83.0 Å². The summed E-state index contributed by atoms with van der Waals surface area (Å²) >= 11 is 6.69. The number of carbonyl (C=O) groups is 2. The third-order valence-corrected chi connectivity index (χ3v) is 14.7. The number of halogens is 3. The Labute approximate surface area is 361 Å². The molecule has 6 fully saturated rings. The van der Waals surface area contributed by atoms with Crippen LogP contribution in [0.2, 0.25) is 5.02 Å². The Kier molecular flexibility index (Phi) is 9.40. The van der Waals surface area contributed by atoms with Crippen LogP contribution in [-0.2, 0) is 23.7 Å². The van der Waals surface area contributed by atoms with Gasteiger partial charge in [0.2, 0.25) is 23.5 Å². The summed E-state index contributed by atoms with van der Waals surface area (Å²) in [7, 11) is 3.55. The highest BCUT2D eigenvalue weighted by Crippen LogP contribution is 2.48. The molecule has 2 aliphatic carbocycles. The molecule has 3 unspecified atom stereocenters. The van der Waals surface area contributed by atoms with Gasteiger partial charge in [-0.1, -0.05) is 23.7 Å². The number of pyridine rings is 1. The molecule has 7 aliphatic rings. The Morgan fingerprint density at radius 3 is 2.52 bits per heavy atom. The van der Waals surface area contributed by atoms with E-state index in [1.165, 1.54) is 11.0 Å². The minimum Gasteiger partial charge on any atom is -0.480 e. The van der Waals surface area contributed by atoms with Crippen molar-refractivity contribution in [2.24, 2.45) is 31.8 Å². The summed E-state index contributed by atoms with van der Waals surface area (Å²) in [5, 5.41) is 15.6. The highest BCUT2D eigenvalue weighted by molar-refractivity contribution is 6.33. The maximum Gasteiger partial charge on any atom is 0.301 e. The van der Waals surface area contributed by atoms with Gasteiger partial charge in [0.25, 0.3) is 5.56 Å². The maximum atomic E-state index is 15.2. The largest absolute Gasteiger partial charge is 0.480 e. The first-order valence-electron chi connectivity index (χ1n) is 22.0. The molecule has 2 aromatic carbocycles. The lowest BCUT2D eigenvalue weighted by atomic mass is 9.70. The van der Waals surface area contributed by atoms with Gasteiger partial charge in [-0.3, -0.25) is 24.4 Å². The Morgan fingerprint density at radius 2 is 1.76 bits per heavy atom. The molecule has 3 aromatic heterocycles. The zero-order valence-electron chi connectivity index (χ0n) is 34.7. The molecule has 2 bridgehead atoms. The number of rotatable bonds is 8. The van der Waals surface area contributed by atoms with Crippen molar-refractivity contribution in [2.75, 3.05) is 40.1 Å². The van der Waals surface area contributed by atoms with Crippen molar-refractivity contribution in [1.82, 2.24) is 29.6 Å². The molecular weight excluding hydrogens is 818 g/mol. The molecule has 3 N–H and O–H groups in total. The molecule has 62 heavy (non-hydrogen) atoms. The summed E-state index contributed by atoms with van der Waals surface area (Å²) in [5.41, 5.74) is 3.95. The fourth-order valence-corrected chi connectivity index (χ4v) is 11.3. The quantitative estimate of drug-likeness (QED) is 0.138. The van der Waals surface area contributed by atoms with Gasteiger partial charge in [-0.15, -0.1) is 0 Å². The number of carbonyl (C=O) groups excluding carboxylic acids is 2. The molecule has 4 saturated heterocycles. The van der Waals surface area contributed by atoms with Gasteiger partial charge in [0, 0.05) is 62.1 Å². The number of fused-ring (bicyclic) bond motifs is 6. The van der Waals surface area contributed by atoms with Crippen molar-refractivity contribution in [3.63, 3.8) is 0 Å². The van der Waals surface area contributed by atoms with Crippen molar-refractivity contribution in [1.29, 1.82) is 0 Å². The Bertz CT molecular complexity index is 2700. The smallest absolute Gasteiger partial charge is 0.301 e. The van der Waals surface area contributed by atoms with Gasteiger partial charge in [0.1, 0.15) is 5.02 Å². The third kappa shape index (κ3) is 6.70. The van der Waals surface area contributed by atoms with Crippen LogP contribution in [0.15, 0.2) is 47.4 Å². The van der Waals surface area contributed by atoms with Crippen molar-refractivity contribution in [3.8, 4) is 5.75 Å². The fraction of sp³-hybridized carbons (Fsp3) is 0.511. The van der Waals surface area contributed by atoms with Crippen LogP contribution in [0.1, 0.15) is 75.8 Å². The summed E-state index contributed by atoms with van der Waals surface area (Å²) in [6.07, 6.45) is 10.6. The lowest BCUT2D eigenvalue weighted by molar-refractivity contribution is -0.134. The van der Waals surface area contributed by atoms with Crippen LogP contribution in [0, 0.1) is 17.8 Å². The third-order valence-electron chi connectivity index (χ3n) is 14.4. The second-order valence-electron chi connectivity index (χ2n) is 18.4. The Morgan fingerprint density at radius 1 is 0.968 bits per heavy atom. The van der Waals surface area contributed by atoms with Gasteiger partial charge >= 0.3 is 5.92 Å². The second kappa shape index (κ2) is 14.8. The predicted octanol–water partition coefficient (Wildman–Crippen LogP) is 7.01. The first-order chi connectivity index (χ1) is 29.9. The minimum absolute atomic E-state index is 0.0995. The van der Waals surface area contributed by atoms with Crippen LogP contribution in [0.3, 0.4) is 0 Å². The van der Waals surface area contributed by atoms with Crippen LogP contribution in [-0.4, -0.2) is 79.9 Å². The van der Waals surface area contributed by atoms with Crippen molar-refractivity contribution in [3.05, 3.63) is 63.7 Å². The highest BCUT2D eigenvalue weighted by Gasteiger charge is 2.51. The number of hydrogen-bond donors (Lipinski definition) is 3. The van der Waals surface area contributed by atoms with Gasteiger partial charge in [0.15, 0.2) is 12.4 Å². The fourth-order valence-electron chi connectivity index (χ4n) is 11.2. The van der Waals surface area contributed by atoms with Crippen LogP contribution in [0.5, 0.6) is 5.75 Å². The molecule has 0 spiro atoms. The van der Waals surface area contributed by atoms with E-state index in [0.717, 1.165) is 67.5 Å². The molecule has 14 nitrogen and oxygen atoms in total. The van der Waals surface area contributed by atoms with Crippen LogP contribution in [0.25, 0.3) is 21.8 Å². The molecule has 2 saturated carbocycles. The normalized spacial score (nSPS) is 26.0. The summed E-state index contributed by atoms with van der Waals surface area (Å²) in [5.74, 6) is -1.97. The van der Waals surface area contributed by atoms with E-state index in [2.05, 4.69) is 42.9 Å². The lowest BCUT2D eigenvalue weighted by Gasteiger charge is -2.56. The minimum atomic E-state index is -3.13. The van der Waals surface area contributed by atoms with Crippen molar-refractivity contribution in [2.45, 2.75) is 94.2 Å². The molecule has 324 valence electrons. The van der Waals surface area contributed by atoms with Crippen molar-refractivity contribution >= 4 is 74.0 Å². The standard InChI is InChI=1S/C45H49ClF2N10O4/c1-55-33-10-8-26(19-31(33)37-39(43(55)61)62-22-45(47,48)40(52-37)25-6-7-25)50-41-32(46)21-49-44(53-41)58-27-17-24(18-28(58)20-27)16-23-12-14-57(15-13-23)34-5-3-4-29-36(54-56(2)38(29)34)30-9-11-35(59)51-42(30)60/h3-5,8,10,19,21,23-25,27-28,30,40,52H,6-7,9,11-18,20,22H2,1-2H3,(H,49,50,53)(H,51,59,60)/t24?,27?,28?,30?,40-/m0/s1. The number of ether oxygens (including phenoxy) is 1. The van der Waals surface area contributed by atoms with Gasteiger partial charge in [0.05, 0.1) is 46.3 Å². The SMILES string of the molecule is Cn1nc(C2CCC(=O)NC2=O)c2cccc(N3CCC(CC4CC5CC(C4)N5c4ncc(Cl)c(Nc5ccc6c(c5)c5c(c(=O)n6C)OCC(F)(F)[C@H](C6CC6)N5)n4)CC3)c21.